The van der Waals surface area contributed by atoms with Crippen LogP contribution >= 0.6 is 0 Å². The van der Waals surface area contributed by atoms with Crippen molar-refractivity contribution in [1.29, 1.82) is 0 Å². The van der Waals surface area contributed by atoms with Crippen molar-refractivity contribution in [3.63, 3.8) is 0 Å². The van der Waals surface area contributed by atoms with Crippen LogP contribution in [0.4, 0.5) is 11.5 Å². The quantitative estimate of drug-likeness (QED) is 0.451. The highest BCUT2D eigenvalue weighted by Gasteiger charge is 2.17. The molecule has 0 amide bonds. The van der Waals surface area contributed by atoms with Gasteiger partial charge < -0.3 is 5.11 Å². The highest BCUT2D eigenvalue weighted by atomic mass is 16.6. The van der Waals surface area contributed by atoms with Gasteiger partial charge in [0.1, 0.15) is 5.75 Å². The van der Waals surface area contributed by atoms with Gasteiger partial charge in [0.15, 0.2) is 5.82 Å². The molecule has 0 aliphatic rings. The maximum Gasteiger partial charge on any atom is 0.278 e. The Morgan fingerprint density at radius 2 is 1.96 bits per heavy atom. The van der Waals surface area contributed by atoms with Gasteiger partial charge in [-0.25, -0.2) is 9.98 Å². The van der Waals surface area contributed by atoms with Crippen LogP contribution in [0.15, 0.2) is 53.7 Å². The predicted molar refractivity (Wildman–Crippen MR) is 88.5 cm³/mol. The number of nitro groups is 1. The molecular weight excluding hydrogens is 294 g/mol. The number of pyridine rings is 1. The first-order valence-electron chi connectivity index (χ1n) is 6.92. The SMILES string of the molecule is Cc1ccc(N=Cc2cc([N+](=O)[O-])c3ccccc3c2O)nc1. The van der Waals surface area contributed by atoms with E-state index in [4.69, 9.17) is 0 Å². The number of hydrogen-bond donors (Lipinski definition) is 1. The molecule has 0 radical (unpaired) electrons. The lowest BCUT2D eigenvalue weighted by molar-refractivity contribution is -0.383. The number of phenols is 1. The lowest BCUT2D eigenvalue weighted by atomic mass is 10.0. The van der Waals surface area contributed by atoms with Crippen molar-refractivity contribution in [3.8, 4) is 5.75 Å². The van der Waals surface area contributed by atoms with Crippen LogP contribution < -0.4 is 0 Å². The lowest BCUT2D eigenvalue weighted by Crippen LogP contribution is -1.93. The summed E-state index contributed by atoms with van der Waals surface area (Å²) in [5.41, 5.74) is 1.21. The Morgan fingerprint density at radius 3 is 2.61 bits per heavy atom. The van der Waals surface area contributed by atoms with E-state index in [2.05, 4.69) is 9.98 Å². The van der Waals surface area contributed by atoms with Crippen molar-refractivity contribution in [3.05, 3.63) is 69.9 Å². The Balaban J connectivity index is 2.12. The minimum Gasteiger partial charge on any atom is -0.507 e. The number of aryl methyl sites for hydroxylation is 1. The van der Waals surface area contributed by atoms with Crippen molar-refractivity contribution < 1.29 is 10.0 Å². The monoisotopic (exact) mass is 307 g/mol. The van der Waals surface area contributed by atoms with Gasteiger partial charge in [-0.2, -0.15) is 0 Å². The summed E-state index contributed by atoms with van der Waals surface area (Å²) in [5, 5.41) is 22.4. The van der Waals surface area contributed by atoms with Crippen LogP contribution in [-0.2, 0) is 0 Å². The Morgan fingerprint density at radius 1 is 1.22 bits per heavy atom. The maximum absolute atomic E-state index is 11.3. The Bertz CT molecular complexity index is 918. The van der Waals surface area contributed by atoms with Crippen LogP contribution in [-0.4, -0.2) is 21.2 Å². The Kier molecular flexibility index (Phi) is 3.72. The number of benzene rings is 2. The highest BCUT2D eigenvalue weighted by Crippen LogP contribution is 2.35. The van der Waals surface area contributed by atoms with Gasteiger partial charge in [-0.3, -0.25) is 10.1 Å². The molecule has 0 aliphatic carbocycles. The molecule has 0 spiro atoms. The fourth-order valence-corrected chi connectivity index (χ4v) is 2.28. The van der Waals surface area contributed by atoms with E-state index in [9.17, 15) is 15.2 Å². The number of aromatic nitrogens is 1. The second-order valence-corrected chi connectivity index (χ2v) is 5.09. The topological polar surface area (TPSA) is 88.6 Å². The van der Waals surface area contributed by atoms with Crippen LogP contribution in [0, 0.1) is 17.0 Å². The minimum atomic E-state index is -0.469. The summed E-state index contributed by atoms with van der Waals surface area (Å²) in [7, 11) is 0. The molecule has 0 bridgehead atoms. The second-order valence-electron chi connectivity index (χ2n) is 5.09. The minimum absolute atomic E-state index is 0.0398. The molecule has 3 aromatic rings. The number of aliphatic imine (C=N–C) groups is 1. The van der Waals surface area contributed by atoms with Crippen molar-refractivity contribution in [2.75, 3.05) is 0 Å². The molecule has 0 fully saturated rings. The van der Waals surface area contributed by atoms with E-state index < -0.39 is 4.92 Å². The number of hydrogen-bond acceptors (Lipinski definition) is 5. The molecule has 0 saturated carbocycles. The lowest BCUT2D eigenvalue weighted by Gasteiger charge is -2.05. The average Bonchev–Trinajstić information content (AvgIpc) is 2.55. The van der Waals surface area contributed by atoms with E-state index in [1.165, 1.54) is 12.3 Å². The van der Waals surface area contributed by atoms with Gasteiger partial charge in [0.2, 0.25) is 0 Å². The zero-order valence-electron chi connectivity index (χ0n) is 12.3. The van der Waals surface area contributed by atoms with E-state index in [1.54, 1.807) is 36.5 Å². The molecule has 6 nitrogen and oxygen atoms in total. The van der Waals surface area contributed by atoms with Gasteiger partial charge in [0.25, 0.3) is 5.69 Å². The molecule has 0 atom stereocenters. The number of rotatable bonds is 3. The van der Waals surface area contributed by atoms with E-state index in [0.29, 0.717) is 16.6 Å². The summed E-state index contributed by atoms with van der Waals surface area (Å²) in [6.45, 7) is 1.92. The fraction of sp³-hybridized carbons (Fsp3) is 0.0588. The van der Waals surface area contributed by atoms with Crippen LogP contribution in [0.1, 0.15) is 11.1 Å². The predicted octanol–water partition coefficient (Wildman–Crippen LogP) is 3.91. The summed E-state index contributed by atoms with van der Waals surface area (Å²) in [4.78, 5) is 19.1. The fourth-order valence-electron chi connectivity index (χ4n) is 2.28. The van der Waals surface area contributed by atoms with Crippen LogP contribution in [0.3, 0.4) is 0 Å². The molecule has 1 heterocycles. The summed E-state index contributed by atoms with van der Waals surface area (Å²) < 4.78 is 0. The van der Waals surface area contributed by atoms with E-state index in [1.807, 2.05) is 13.0 Å². The van der Waals surface area contributed by atoms with Gasteiger partial charge in [-0.1, -0.05) is 24.3 Å². The van der Waals surface area contributed by atoms with Crippen molar-refractivity contribution in [2.45, 2.75) is 6.92 Å². The zero-order chi connectivity index (χ0) is 16.4. The van der Waals surface area contributed by atoms with Gasteiger partial charge in [0.05, 0.1) is 10.3 Å². The smallest absolute Gasteiger partial charge is 0.278 e. The molecule has 1 aromatic heterocycles. The van der Waals surface area contributed by atoms with Gasteiger partial charge >= 0.3 is 0 Å². The standard InChI is InChI=1S/C17H13N3O3/c1-11-6-7-16(18-9-11)19-10-12-8-15(20(22)23)13-4-2-3-5-14(13)17(12)21/h2-10,21H,1H3. The molecule has 2 aromatic carbocycles. The number of phenolic OH excluding ortho intramolecular Hbond substituents is 1. The summed E-state index contributed by atoms with van der Waals surface area (Å²) in [6, 6.07) is 11.6. The highest BCUT2D eigenvalue weighted by molar-refractivity contribution is 6.02. The number of non-ortho nitro benzene ring substituents is 1. The molecule has 6 heteroatoms. The molecule has 23 heavy (non-hydrogen) atoms. The third-order valence-electron chi connectivity index (χ3n) is 3.45. The van der Waals surface area contributed by atoms with Crippen molar-refractivity contribution in [2.24, 2.45) is 4.99 Å². The normalized spacial score (nSPS) is 11.2. The van der Waals surface area contributed by atoms with Crippen molar-refractivity contribution >= 4 is 28.5 Å². The molecular formula is C17H13N3O3. The second kappa shape index (κ2) is 5.84. The first kappa shape index (κ1) is 14.6. The average molecular weight is 307 g/mol. The van der Waals surface area contributed by atoms with Crippen molar-refractivity contribution in [1.82, 2.24) is 4.98 Å². The van der Waals surface area contributed by atoms with Crippen LogP contribution in [0.5, 0.6) is 5.75 Å². The summed E-state index contributed by atoms with van der Waals surface area (Å²) in [6.07, 6.45) is 3.06. The molecule has 3 rings (SSSR count). The molecule has 0 aliphatic heterocycles. The zero-order valence-corrected chi connectivity index (χ0v) is 12.3. The number of aromatic hydroxyl groups is 1. The maximum atomic E-state index is 11.3. The first-order chi connectivity index (χ1) is 11.1. The molecule has 1 N–H and O–H groups in total. The van der Waals surface area contributed by atoms with E-state index in [0.717, 1.165) is 5.56 Å². The van der Waals surface area contributed by atoms with Gasteiger partial charge in [-0.15, -0.1) is 0 Å². The van der Waals surface area contributed by atoms with Crippen LogP contribution in [0.25, 0.3) is 10.8 Å². The number of nitrogens with zero attached hydrogens (tertiary/aromatic N) is 3. The van der Waals surface area contributed by atoms with Crippen LogP contribution in [0.2, 0.25) is 0 Å². The van der Waals surface area contributed by atoms with Gasteiger partial charge in [0, 0.05) is 29.4 Å². The Labute approximate surface area is 131 Å². The largest absolute Gasteiger partial charge is 0.507 e. The molecule has 114 valence electrons. The molecule has 0 saturated heterocycles. The third-order valence-corrected chi connectivity index (χ3v) is 3.45. The number of nitro benzene ring substituents is 1. The molecule has 0 unspecified atom stereocenters. The van der Waals surface area contributed by atoms with Gasteiger partial charge in [-0.05, 0) is 24.6 Å². The number of fused-ring (bicyclic) bond motifs is 1. The summed E-state index contributed by atoms with van der Waals surface area (Å²) in [5.74, 6) is 0.424. The van der Waals surface area contributed by atoms with E-state index in [-0.39, 0.29) is 17.0 Å². The third kappa shape index (κ3) is 2.87. The van der Waals surface area contributed by atoms with E-state index >= 15 is 0 Å². The first-order valence-corrected chi connectivity index (χ1v) is 6.92. The summed E-state index contributed by atoms with van der Waals surface area (Å²) >= 11 is 0. The Hall–Kier alpha value is -3.28.